The van der Waals surface area contributed by atoms with Crippen LogP contribution in [-0.4, -0.2) is 84.0 Å². The number of fused-ring (bicyclic) bond motifs is 1. The number of hydrogen-bond acceptors (Lipinski definition) is 13. The van der Waals surface area contributed by atoms with E-state index in [9.17, 15) is 38.9 Å². The summed E-state index contributed by atoms with van der Waals surface area (Å²) in [4.78, 5) is 86.3. The Hall–Kier alpha value is -3.52. The molecule has 2 atom stereocenters. The monoisotopic (exact) mass is 933 g/mol. The predicted molar refractivity (Wildman–Crippen MR) is 237 cm³/mol. The van der Waals surface area contributed by atoms with Crippen molar-refractivity contribution in [2.24, 2.45) is 25.9 Å². The Balaban J connectivity index is 0.00000113. The normalized spacial score (nSPS) is 14.8. The Morgan fingerprint density at radius 1 is 0.850 bits per heavy atom. The molecule has 0 aromatic carbocycles. The van der Waals surface area contributed by atoms with Gasteiger partial charge in [0.05, 0.1) is 30.8 Å². The third-order valence-electron chi connectivity index (χ3n) is 11.1. The molecule has 0 spiro atoms. The Labute approximate surface area is 368 Å². The van der Waals surface area contributed by atoms with Crippen LogP contribution in [-0.2, 0) is 76.3 Å². The molecule has 2 aromatic heterocycles. The summed E-state index contributed by atoms with van der Waals surface area (Å²) in [5, 5.41) is 17.5. The van der Waals surface area contributed by atoms with Crippen LogP contribution in [0.15, 0.2) is 19.2 Å². The van der Waals surface area contributed by atoms with Crippen molar-refractivity contribution in [2.45, 2.75) is 145 Å². The summed E-state index contributed by atoms with van der Waals surface area (Å²) in [6, 6.07) is -1.70. The number of Topliss-reactive ketones (excluding diaryl/α,β-unsaturated/α-hetero) is 1. The summed E-state index contributed by atoms with van der Waals surface area (Å²) in [5.41, 5.74) is -3.00. The molecule has 2 unspecified atom stereocenters. The first-order chi connectivity index (χ1) is 26.3. The molecule has 3 heterocycles. The van der Waals surface area contributed by atoms with Gasteiger partial charge in [0.15, 0.2) is 28.2 Å². The zero-order chi connectivity index (χ0) is 45.0. The molecule has 2 N–H and O–H groups in total. The van der Waals surface area contributed by atoms with E-state index < -0.39 is 62.1 Å². The number of aromatic nitrogens is 4. The molecule has 338 valence electrons. The standard InChI is InChI=1S/C19H34N4O7Si.C19H33N3O4Si.CH4.Zn/c1-12(2)10-22-15(14(23(27)28)16(24)21(6)18(22)26)20-13(17(25)29-7)11-30-31(8,9)19(3,4)5;1-12(2)10-22-16-13(17(24)21(6)18(22)25)9-15(23)14(20-16)11-26-27(7,8)19(3,4)5;;/h12-13,20H,10-11H2,1-9H3;12,14,20H,9-11H2,1-8H3;1H4;. The number of ketones is 1. The number of anilines is 2. The van der Waals surface area contributed by atoms with E-state index in [0.29, 0.717) is 22.5 Å². The number of nitrogens with zero attached hydrogens (tertiary/aromatic N) is 5. The van der Waals surface area contributed by atoms with Crippen molar-refractivity contribution < 1.29 is 47.6 Å². The number of methoxy groups -OCH3 is 1. The second-order valence-corrected chi connectivity index (χ2v) is 28.4. The molecule has 1 aliphatic rings. The minimum Gasteiger partial charge on any atom is -0.467 e. The summed E-state index contributed by atoms with van der Waals surface area (Å²) in [7, 11) is -0.455. The van der Waals surface area contributed by atoms with Crippen LogP contribution in [0.3, 0.4) is 0 Å². The van der Waals surface area contributed by atoms with Gasteiger partial charge in [-0.3, -0.25) is 42.8 Å². The van der Waals surface area contributed by atoms with Gasteiger partial charge in [-0.25, -0.2) is 14.4 Å². The molecule has 0 aliphatic carbocycles. The molecule has 21 heteroatoms. The van der Waals surface area contributed by atoms with E-state index in [4.69, 9.17) is 13.6 Å². The molecule has 0 amide bonds. The third-order valence-corrected chi connectivity index (χ3v) is 20.1. The van der Waals surface area contributed by atoms with Crippen LogP contribution in [0.1, 0.15) is 82.2 Å². The molecular formula is C39H71N7O11Si2Zn. The van der Waals surface area contributed by atoms with E-state index in [1.54, 1.807) is 4.57 Å². The van der Waals surface area contributed by atoms with Gasteiger partial charge in [0.1, 0.15) is 17.9 Å². The summed E-state index contributed by atoms with van der Waals surface area (Å²) in [5.74, 6) is -0.493. The topological polar surface area (TPSA) is 217 Å². The van der Waals surface area contributed by atoms with Crippen LogP contribution in [0, 0.1) is 22.0 Å². The molecule has 3 rings (SSSR count). The van der Waals surface area contributed by atoms with Gasteiger partial charge in [-0.15, -0.1) is 0 Å². The Kier molecular flexibility index (Phi) is 20.3. The van der Waals surface area contributed by atoms with Crippen molar-refractivity contribution in [3.05, 3.63) is 57.4 Å². The molecule has 0 radical (unpaired) electrons. The molecule has 2 aromatic rings. The molecule has 1 aliphatic heterocycles. The Morgan fingerprint density at radius 2 is 1.30 bits per heavy atom. The predicted octanol–water partition coefficient (Wildman–Crippen LogP) is 4.85. The van der Waals surface area contributed by atoms with Gasteiger partial charge >= 0.3 is 28.6 Å². The van der Waals surface area contributed by atoms with Crippen LogP contribution in [0.5, 0.6) is 0 Å². The van der Waals surface area contributed by atoms with Crippen LogP contribution in [0.4, 0.5) is 17.3 Å². The van der Waals surface area contributed by atoms with Gasteiger partial charge < -0.3 is 24.2 Å². The Bertz CT molecular complexity index is 2090. The molecule has 0 saturated carbocycles. The van der Waals surface area contributed by atoms with Gasteiger partial charge in [0, 0.05) is 53.1 Å². The second kappa shape index (κ2) is 21.5. The first kappa shape index (κ1) is 56.5. The summed E-state index contributed by atoms with van der Waals surface area (Å²) in [6.45, 7) is 29.2. The first-order valence-electron chi connectivity index (χ1n) is 19.5. The summed E-state index contributed by atoms with van der Waals surface area (Å²) < 4.78 is 21.6. The molecular weight excluding hydrogens is 864 g/mol. The minimum atomic E-state index is -2.27. The maximum atomic E-state index is 12.7. The van der Waals surface area contributed by atoms with Crippen molar-refractivity contribution in [1.29, 1.82) is 0 Å². The van der Waals surface area contributed by atoms with Crippen LogP contribution in [0.2, 0.25) is 36.3 Å². The number of ether oxygens (including phenoxy) is 1. The number of rotatable bonds is 14. The van der Waals surface area contributed by atoms with E-state index >= 15 is 0 Å². The number of carbonyl (C=O) groups is 2. The number of nitrogens with one attached hydrogen (secondary N) is 2. The minimum absolute atomic E-state index is 0. The van der Waals surface area contributed by atoms with Crippen LogP contribution in [0.25, 0.3) is 0 Å². The average Bonchev–Trinajstić information content (AvgIpc) is 3.09. The van der Waals surface area contributed by atoms with Crippen LogP contribution >= 0.6 is 0 Å². The fourth-order valence-corrected chi connectivity index (χ4v) is 7.49. The van der Waals surface area contributed by atoms with E-state index in [-0.39, 0.29) is 92.3 Å². The van der Waals surface area contributed by atoms with Crippen molar-refractivity contribution >= 4 is 45.7 Å². The van der Waals surface area contributed by atoms with Crippen molar-refractivity contribution in [3.8, 4) is 0 Å². The van der Waals surface area contributed by atoms with E-state index in [2.05, 4.69) is 44.5 Å². The SMILES string of the molecule is C.CC(C)Cn1c2c(c(=O)n(C)c1=O)CC(=O)C(CO[Si](C)(C)C(C)(C)C)N2.COC(=O)C(CO[Si](C)(C)C(C)(C)C)Nc1c([N+](=O)[O-])c(=O)n(C)c(=O)n1CC(C)C.[Zn]. The summed E-state index contributed by atoms with van der Waals surface area (Å²) in [6.07, 6.45) is 0.0267. The molecule has 0 fully saturated rings. The smallest absolute Gasteiger partial charge is 0.374 e. The molecule has 0 saturated heterocycles. The quantitative estimate of drug-likeness (QED) is 0.112. The van der Waals surface area contributed by atoms with Gasteiger partial charge in [0.25, 0.3) is 5.56 Å². The van der Waals surface area contributed by atoms with E-state index in [0.717, 1.165) is 9.13 Å². The zero-order valence-corrected chi connectivity index (χ0v) is 43.2. The first-order valence-corrected chi connectivity index (χ1v) is 25.3. The van der Waals surface area contributed by atoms with Gasteiger partial charge in [0.2, 0.25) is 0 Å². The molecule has 0 bridgehead atoms. The van der Waals surface area contributed by atoms with Gasteiger partial charge in [-0.2, -0.15) is 0 Å². The second-order valence-electron chi connectivity index (χ2n) is 18.8. The maximum Gasteiger partial charge on any atom is 0.374 e. The summed E-state index contributed by atoms with van der Waals surface area (Å²) >= 11 is 0. The van der Waals surface area contributed by atoms with Gasteiger partial charge in [-0.1, -0.05) is 76.7 Å². The number of esters is 1. The fraction of sp³-hybridized carbons (Fsp3) is 0.744. The van der Waals surface area contributed by atoms with Crippen molar-refractivity contribution in [1.82, 2.24) is 18.3 Å². The number of carbonyl (C=O) groups excluding carboxylic acids is 2. The zero-order valence-electron chi connectivity index (χ0n) is 38.3. The maximum absolute atomic E-state index is 12.7. The van der Waals surface area contributed by atoms with Crippen molar-refractivity contribution in [2.75, 3.05) is 31.0 Å². The van der Waals surface area contributed by atoms with Gasteiger partial charge in [-0.05, 0) is 48.1 Å². The Morgan fingerprint density at radius 3 is 1.75 bits per heavy atom. The van der Waals surface area contributed by atoms with Crippen LogP contribution < -0.4 is 33.1 Å². The number of hydrogen-bond donors (Lipinski definition) is 2. The van der Waals surface area contributed by atoms with Crippen molar-refractivity contribution in [3.63, 3.8) is 0 Å². The number of nitro groups is 1. The molecule has 60 heavy (non-hydrogen) atoms. The average molecular weight is 936 g/mol. The largest absolute Gasteiger partial charge is 0.467 e. The van der Waals surface area contributed by atoms with E-state index in [1.807, 2.05) is 61.6 Å². The van der Waals surface area contributed by atoms with E-state index in [1.165, 1.54) is 21.2 Å². The fourth-order valence-electron chi connectivity index (χ4n) is 5.46. The molecule has 18 nitrogen and oxygen atoms in total. The third kappa shape index (κ3) is 13.2.